The van der Waals surface area contributed by atoms with Gasteiger partial charge in [0.25, 0.3) is 0 Å². The molecule has 0 saturated heterocycles. The van der Waals surface area contributed by atoms with Gasteiger partial charge in [-0.1, -0.05) is 39.3 Å². The Morgan fingerprint density at radius 3 is 2.50 bits per heavy atom. The summed E-state index contributed by atoms with van der Waals surface area (Å²) in [5.74, 6) is 7.05. The second-order valence-corrected chi connectivity index (χ2v) is 11.1. The summed E-state index contributed by atoms with van der Waals surface area (Å²) in [5, 5.41) is 0. The number of carbonyl (C=O) groups is 1. The van der Waals surface area contributed by atoms with Crippen LogP contribution in [0.4, 0.5) is 0 Å². The van der Waals surface area contributed by atoms with E-state index in [1.54, 1.807) is 0 Å². The van der Waals surface area contributed by atoms with Gasteiger partial charge in [0, 0.05) is 6.42 Å². The fourth-order valence-corrected chi connectivity index (χ4v) is 10.3. The van der Waals surface area contributed by atoms with Crippen LogP contribution in [0.5, 0.6) is 0 Å². The number of ketones is 1. The van der Waals surface area contributed by atoms with E-state index in [4.69, 9.17) is 0 Å². The van der Waals surface area contributed by atoms with Crippen molar-refractivity contribution in [2.75, 3.05) is 0 Å². The highest BCUT2D eigenvalue weighted by molar-refractivity contribution is 5.91. The van der Waals surface area contributed by atoms with Crippen molar-refractivity contribution in [3.63, 3.8) is 0 Å². The molecule has 8 unspecified atom stereocenters. The van der Waals surface area contributed by atoms with Crippen LogP contribution in [0.25, 0.3) is 0 Å². The zero-order chi connectivity index (χ0) is 19.8. The predicted molar refractivity (Wildman–Crippen MR) is 116 cm³/mol. The summed E-state index contributed by atoms with van der Waals surface area (Å²) in [6, 6.07) is 0. The number of fused-ring (bicyclic) bond motifs is 7. The van der Waals surface area contributed by atoms with E-state index in [0.717, 1.165) is 54.8 Å². The van der Waals surface area contributed by atoms with Crippen molar-refractivity contribution in [3.05, 3.63) is 24.3 Å². The second kappa shape index (κ2) is 6.32. The Hall–Kier alpha value is -0.850. The lowest BCUT2D eigenvalue weighted by Gasteiger charge is -2.62. The number of hydrogen-bond donors (Lipinski definition) is 0. The molecule has 5 rings (SSSR count). The molecule has 0 amide bonds. The van der Waals surface area contributed by atoms with E-state index in [1.165, 1.54) is 37.7 Å². The molecule has 28 heavy (non-hydrogen) atoms. The van der Waals surface area contributed by atoms with Crippen molar-refractivity contribution in [1.29, 1.82) is 0 Å². The third kappa shape index (κ3) is 2.07. The highest BCUT2D eigenvalue weighted by Crippen LogP contribution is 2.83. The second-order valence-electron chi connectivity index (χ2n) is 11.1. The van der Waals surface area contributed by atoms with E-state index in [1.807, 2.05) is 6.08 Å². The Balaban J connectivity index is 1.61. The van der Waals surface area contributed by atoms with Crippen LogP contribution in [-0.2, 0) is 4.79 Å². The maximum Gasteiger partial charge on any atom is 0.155 e. The van der Waals surface area contributed by atoms with Gasteiger partial charge in [-0.3, -0.25) is 4.79 Å². The zero-order valence-electron chi connectivity index (χ0n) is 18.5. The lowest BCUT2D eigenvalue weighted by Crippen LogP contribution is -2.55. The highest BCUT2D eigenvalue weighted by Gasteiger charge is 2.78. The molecule has 1 nitrogen and oxygen atoms in total. The summed E-state index contributed by atoms with van der Waals surface area (Å²) >= 11 is 0. The fraction of sp³-hybridized carbons (Fsp3) is 0.815. The van der Waals surface area contributed by atoms with Gasteiger partial charge in [0.15, 0.2) is 5.78 Å². The molecule has 4 fully saturated rings. The van der Waals surface area contributed by atoms with Crippen molar-refractivity contribution in [2.45, 2.75) is 79.1 Å². The third-order valence-electron chi connectivity index (χ3n) is 11.2. The topological polar surface area (TPSA) is 17.1 Å². The van der Waals surface area contributed by atoms with E-state index in [0.29, 0.717) is 28.4 Å². The normalized spacial score (nSPS) is 50.7. The van der Waals surface area contributed by atoms with Gasteiger partial charge in [0.05, 0.1) is 0 Å². The van der Waals surface area contributed by atoms with E-state index < -0.39 is 0 Å². The van der Waals surface area contributed by atoms with Gasteiger partial charge in [-0.05, 0) is 109 Å². The first-order chi connectivity index (χ1) is 13.5. The number of allylic oxidation sites excluding steroid dienone is 2. The molecule has 0 radical (unpaired) electrons. The van der Waals surface area contributed by atoms with Crippen molar-refractivity contribution in [1.82, 2.24) is 0 Å². The monoisotopic (exact) mass is 380 g/mol. The van der Waals surface area contributed by atoms with Crippen molar-refractivity contribution < 1.29 is 4.79 Å². The minimum Gasteiger partial charge on any atom is -0.295 e. The molecule has 4 saturated carbocycles. The largest absolute Gasteiger partial charge is 0.295 e. The molecule has 0 aromatic rings. The first-order valence-corrected chi connectivity index (χ1v) is 12.4. The van der Waals surface area contributed by atoms with Crippen LogP contribution in [0.15, 0.2) is 24.3 Å². The highest BCUT2D eigenvalue weighted by atomic mass is 16.1. The molecular formula is C27H40O. The van der Waals surface area contributed by atoms with Gasteiger partial charge in [0.2, 0.25) is 0 Å². The Bertz CT molecular complexity index is 712. The summed E-state index contributed by atoms with van der Waals surface area (Å²) in [4.78, 5) is 12.1. The molecule has 0 aliphatic heterocycles. The Morgan fingerprint density at radius 1 is 1.11 bits per heavy atom. The van der Waals surface area contributed by atoms with Crippen LogP contribution in [0, 0.1) is 58.2 Å². The summed E-state index contributed by atoms with van der Waals surface area (Å²) in [6.07, 6.45) is 14.3. The van der Waals surface area contributed by atoms with Gasteiger partial charge >= 0.3 is 0 Å². The van der Waals surface area contributed by atoms with Gasteiger partial charge in [-0.25, -0.2) is 0 Å². The average Bonchev–Trinajstić information content (AvgIpc) is 3.28. The van der Waals surface area contributed by atoms with Crippen molar-refractivity contribution in [3.8, 4) is 0 Å². The van der Waals surface area contributed by atoms with Crippen LogP contribution in [0.3, 0.4) is 0 Å². The fourth-order valence-electron chi connectivity index (χ4n) is 10.3. The molecule has 5 aliphatic rings. The molecule has 154 valence electrons. The van der Waals surface area contributed by atoms with Crippen molar-refractivity contribution in [2.24, 2.45) is 58.2 Å². The third-order valence-corrected chi connectivity index (χ3v) is 11.2. The Morgan fingerprint density at radius 2 is 1.86 bits per heavy atom. The molecule has 0 aromatic heterocycles. The van der Waals surface area contributed by atoms with E-state index in [9.17, 15) is 4.79 Å². The Labute approximate surface area is 172 Å². The molecule has 0 heterocycles. The van der Waals surface area contributed by atoms with Gasteiger partial charge in [0.1, 0.15) is 0 Å². The van der Waals surface area contributed by atoms with Crippen LogP contribution in [0.1, 0.15) is 79.1 Å². The van der Waals surface area contributed by atoms with E-state index >= 15 is 0 Å². The maximum absolute atomic E-state index is 12.1. The van der Waals surface area contributed by atoms with E-state index in [2.05, 4.69) is 40.3 Å². The van der Waals surface area contributed by atoms with E-state index in [-0.39, 0.29) is 0 Å². The summed E-state index contributed by atoms with van der Waals surface area (Å²) in [5.41, 5.74) is 2.63. The quantitative estimate of drug-likeness (QED) is 0.488. The zero-order valence-corrected chi connectivity index (χ0v) is 18.5. The Kier molecular flexibility index (Phi) is 4.32. The van der Waals surface area contributed by atoms with Crippen LogP contribution < -0.4 is 0 Å². The standard InChI is InChI=1S/C27H40O/c1-6-17-14-18-15-19(28)10-11-20(18)21-12-13-27(9-4)25(23(17)21)22-16(5)24(22)26(27,7-2)8-3/h6,15-17,20-25H,1,7-14H2,2-5H3/t16?,17?,20?,21?,22?,23?,24?,25-,27?/m0/s1. The average molecular weight is 381 g/mol. The van der Waals surface area contributed by atoms with Gasteiger partial charge in [-0.2, -0.15) is 0 Å². The molecule has 0 N–H and O–H groups in total. The molecule has 5 aliphatic carbocycles. The van der Waals surface area contributed by atoms with Gasteiger partial charge in [-0.15, -0.1) is 6.58 Å². The summed E-state index contributed by atoms with van der Waals surface area (Å²) < 4.78 is 0. The number of hydrogen-bond acceptors (Lipinski definition) is 1. The molecule has 0 bridgehead atoms. The molecule has 1 heteroatoms. The number of rotatable bonds is 4. The van der Waals surface area contributed by atoms with Crippen LogP contribution >= 0.6 is 0 Å². The first kappa shape index (κ1) is 19.1. The lowest BCUT2D eigenvalue weighted by atomic mass is 9.43. The lowest BCUT2D eigenvalue weighted by molar-refractivity contribution is -0.122. The maximum atomic E-state index is 12.1. The first-order valence-electron chi connectivity index (χ1n) is 12.4. The smallest absolute Gasteiger partial charge is 0.155 e. The SMILES string of the molecule is C=CC1CC2=CC(=O)CCC2C2CCC3(CC)[C@H](C12)C1C(C)C1C3(CC)CC. The van der Waals surface area contributed by atoms with Crippen LogP contribution in [0.2, 0.25) is 0 Å². The molecule has 9 atom stereocenters. The minimum absolute atomic E-state index is 0.374. The molecule has 0 aromatic carbocycles. The molecule has 0 spiro atoms. The van der Waals surface area contributed by atoms with Crippen molar-refractivity contribution >= 4 is 5.78 Å². The predicted octanol–water partition coefficient (Wildman–Crippen LogP) is 6.84. The summed E-state index contributed by atoms with van der Waals surface area (Å²) in [6.45, 7) is 14.4. The minimum atomic E-state index is 0.374. The summed E-state index contributed by atoms with van der Waals surface area (Å²) in [7, 11) is 0. The molecular weight excluding hydrogens is 340 g/mol. The number of carbonyl (C=O) groups excluding carboxylic acids is 1. The van der Waals surface area contributed by atoms with Gasteiger partial charge < -0.3 is 0 Å². The van der Waals surface area contributed by atoms with Crippen LogP contribution in [-0.4, -0.2) is 5.78 Å².